The molecule has 1 heterocycles. The number of ether oxygens (including phenoxy) is 1. The zero-order valence-corrected chi connectivity index (χ0v) is 10.3. The number of urea groups is 1. The minimum absolute atomic E-state index is 0.108. The summed E-state index contributed by atoms with van der Waals surface area (Å²) in [6, 6.07) is -0.108. The highest BCUT2D eigenvalue weighted by molar-refractivity contribution is 5.73. The summed E-state index contributed by atoms with van der Waals surface area (Å²) in [7, 11) is 0. The second kappa shape index (κ2) is 6.70. The lowest BCUT2D eigenvalue weighted by atomic mass is 9.99. The fourth-order valence-corrected chi connectivity index (χ4v) is 1.71. The number of morpholine rings is 1. The van der Waals surface area contributed by atoms with Gasteiger partial charge in [0.15, 0.2) is 0 Å². The lowest BCUT2D eigenvalue weighted by Crippen LogP contribution is -2.56. The first-order valence-electron chi connectivity index (χ1n) is 6.09. The molecule has 0 aromatic heterocycles. The van der Waals surface area contributed by atoms with Crippen LogP contribution in [0.15, 0.2) is 0 Å². The number of amides is 2. The average Bonchev–Trinajstić information content (AvgIpc) is 2.35. The SMILES string of the molecule is CCCNC(=O)NCC1(CC)CNCCO1. The van der Waals surface area contributed by atoms with Crippen molar-refractivity contribution in [2.45, 2.75) is 32.3 Å². The molecular formula is C11H23N3O2. The maximum atomic E-state index is 11.4. The summed E-state index contributed by atoms with van der Waals surface area (Å²) in [4.78, 5) is 11.4. The molecule has 1 aliphatic rings. The van der Waals surface area contributed by atoms with Crippen LogP contribution in [0.3, 0.4) is 0 Å². The molecule has 0 aromatic carbocycles. The van der Waals surface area contributed by atoms with Crippen molar-refractivity contribution in [2.24, 2.45) is 0 Å². The van der Waals surface area contributed by atoms with Gasteiger partial charge < -0.3 is 20.7 Å². The van der Waals surface area contributed by atoms with Crippen LogP contribution in [0.2, 0.25) is 0 Å². The number of nitrogens with one attached hydrogen (secondary N) is 3. The van der Waals surface area contributed by atoms with Crippen molar-refractivity contribution in [1.29, 1.82) is 0 Å². The van der Waals surface area contributed by atoms with Crippen molar-refractivity contribution in [3.05, 3.63) is 0 Å². The van der Waals surface area contributed by atoms with Crippen LogP contribution in [-0.2, 0) is 4.74 Å². The van der Waals surface area contributed by atoms with Gasteiger partial charge in [-0.2, -0.15) is 0 Å². The third kappa shape index (κ3) is 3.98. The lowest BCUT2D eigenvalue weighted by Gasteiger charge is -2.37. The highest BCUT2D eigenvalue weighted by Crippen LogP contribution is 2.16. The first-order chi connectivity index (χ1) is 7.72. The fraction of sp³-hybridized carbons (Fsp3) is 0.909. The van der Waals surface area contributed by atoms with Gasteiger partial charge in [-0.3, -0.25) is 0 Å². The van der Waals surface area contributed by atoms with Crippen molar-refractivity contribution >= 4 is 6.03 Å². The van der Waals surface area contributed by atoms with Gasteiger partial charge in [0, 0.05) is 26.2 Å². The minimum atomic E-state index is -0.234. The van der Waals surface area contributed by atoms with Gasteiger partial charge in [-0.1, -0.05) is 13.8 Å². The van der Waals surface area contributed by atoms with Crippen molar-refractivity contribution in [3.63, 3.8) is 0 Å². The van der Waals surface area contributed by atoms with Crippen molar-refractivity contribution < 1.29 is 9.53 Å². The molecule has 1 atom stereocenters. The van der Waals surface area contributed by atoms with Gasteiger partial charge in [0.1, 0.15) is 0 Å². The Balaban J connectivity index is 2.30. The van der Waals surface area contributed by atoms with Gasteiger partial charge in [0.05, 0.1) is 12.2 Å². The Kier molecular flexibility index (Phi) is 5.55. The van der Waals surface area contributed by atoms with E-state index in [1.807, 2.05) is 6.92 Å². The maximum Gasteiger partial charge on any atom is 0.314 e. The fourth-order valence-electron chi connectivity index (χ4n) is 1.71. The van der Waals surface area contributed by atoms with Crippen LogP contribution in [0.5, 0.6) is 0 Å². The maximum absolute atomic E-state index is 11.4. The van der Waals surface area contributed by atoms with E-state index in [0.717, 1.165) is 25.9 Å². The molecule has 1 saturated heterocycles. The number of carbonyl (C=O) groups excluding carboxylic acids is 1. The zero-order valence-electron chi connectivity index (χ0n) is 10.3. The molecule has 0 radical (unpaired) electrons. The van der Waals surface area contributed by atoms with E-state index in [1.165, 1.54) is 0 Å². The van der Waals surface area contributed by atoms with Gasteiger partial charge in [-0.15, -0.1) is 0 Å². The van der Waals surface area contributed by atoms with E-state index in [1.54, 1.807) is 0 Å². The number of hydrogen-bond donors (Lipinski definition) is 3. The van der Waals surface area contributed by atoms with Crippen LogP contribution in [-0.4, -0.2) is 44.4 Å². The van der Waals surface area contributed by atoms with Crippen LogP contribution in [0, 0.1) is 0 Å². The topological polar surface area (TPSA) is 62.4 Å². The molecule has 0 aromatic rings. The molecule has 5 heteroatoms. The van der Waals surface area contributed by atoms with Gasteiger partial charge in [-0.25, -0.2) is 4.79 Å². The molecule has 16 heavy (non-hydrogen) atoms. The molecule has 94 valence electrons. The molecule has 0 saturated carbocycles. The molecule has 2 amide bonds. The van der Waals surface area contributed by atoms with E-state index >= 15 is 0 Å². The molecule has 0 bridgehead atoms. The summed E-state index contributed by atoms with van der Waals surface area (Å²) < 4.78 is 5.76. The summed E-state index contributed by atoms with van der Waals surface area (Å²) >= 11 is 0. The lowest BCUT2D eigenvalue weighted by molar-refractivity contribution is -0.0647. The Morgan fingerprint density at radius 3 is 2.81 bits per heavy atom. The van der Waals surface area contributed by atoms with Gasteiger partial charge in [-0.05, 0) is 12.8 Å². The highest BCUT2D eigenvalue weighted by Gasteiger charge is 2.31. The Labute approximate surface area is 97.3 Å². The predicted molar refractivity (Wildman–Crippen MR) is 63.5 cm³/mol. The van der Waals surface area contributed by atoms with E-state index in [4.69, 9.17) is 4.74 Å². The monoisotopic (exact) mass is 229 g/mol. The standard InChI is InChI=1S/C11H23N3O2/c1-3-5-13-10(15)14-9-11(4-2)8-12-6-7-16-11/h12H,3-9H2,1-2H3,(H2,13,14,15). The summed E-state index contributed by atoms with van der Waals surface area (Å²) in [6.45, 7) is 7.80. The third-order valence-corrected chi connectivity index (χ3v) is 2.89. The molecule has 1 aliphatic heterocycles. The van der Waals surface area contributed by atoms with Crippen LogP contribution < -0.4 is 16.0 Å². The summed E-state index contributed by atoms with van der Waals surface area (Å²) in [5.74, 6) is 0. The first-order valence-corrected chi connectivity index (χ1v) is 6.09. The van der Waals surface area contributed by atoms with Crippen molar-refractivity contribution in [1.82, 2.24) is 16.0 Å². The smallest absolute Gasteiger partial charge is 0.314 e. The average molecular weight is 229 g/mol. The van der Waals surface area contributed by atoms with E-state index < -0.39 is 0 Å². The van der Waals surface area contributed by atoms with Crippen molar-refractivity contribution in [2.75, 3.05) is 32.8 Å². The normalized spacial score (nSPS) is 25.1. The summed E-state index contributed by atoms with van der Waals surface area (Å²) in [6.07, 6.45) is 1.85. The second-order valence-corrected chi connectivity index (χ2v) is 4.17. The number of rotatable bonds is 5. The Bertz CT molecular complexity index is 215. The molecule has 0 spiro atoms. The zero-order chi connectivity index (χ0) is 11.9. The van der Waals surface area contributed by atoms with E-state index in [0.29, 0.717) is 19.7 Å². The second-order valence-electron chi connectivity index (χ2n) is 4.17. The van der Waals surface area contributed by atoms with E-state index in [9.17, 15) is 4.79 Å². The van der Waals surface area contributed by atoms with Gasteiger partial charge in [0.25, 0.3) is 0 Å². The van der Waals surface area contributed by atoms with Crippen LogP contribution >= 0.6 is 0 Å². The van der Waals surface area contributed by atoms with Gasteiger partial charge >= 0.3 is 6.03 Å². The Morgan fingerprint density at radius 2 is 2.25 bits per heavy atom. The Morgan fingerprint density at radius 1 is 1.44 bits per heavy atom. The van der Waals surface area contributed by atoms with Gasteiger partial charge in [0.2, 0.25) is 0 Å². The predicted octanol–water partition coefficient (Wildman–Crippen LogP) is 0.464. The highest BCUT2D eigenvalue weighted by atomic mass is 16.5. The quantitative estimate of drug-likeness (QED) is 0.642. The molecule has 5 nitrogen and oxygen atoms in total. The first kappa shape index (κ1) is 13.3. The van der Waals surface area contributed by atoms with Crippen LogP contribution in [0.4, 0.5) is 4.79 Å². The van der Waals surface area contributed by atoms with Crippen molar-refractivity contribution in [3.8, 4) is 0 Å². The van der Waals surface area contributed by atoms with E-state index in [-0.39, 0.29) is 11.6 Å². The largest absolute Gasteiger partial charge is 0.371 e. The molecule has 1 unspecified atom stereocenters. The minimum Gasteiger partial charge on any atom is -0.371 e. The molecule has 1 fully saturated rings. The number of carbonyl (C=O) groups is 1. The van der Waals surface area contributed by atoms with Crippen LogP contribution in [0.25, 0.3) is 0 Å². The molecule has 3 N–H and O–H groups in total. The molecule has 1 rings (SSSR count). The van der Waals surface area contributed by atoms with Crippen LogP contribution in [0.1, 0.15) is 26.7 Å². The number of hydrogen-bond acceptors (Lipinski definition) is 3. The molecule has 0 aliphatic carbocycles. The van der Waals surface area contributed by atoms with E-state index in [2.05, 4.69) is 22.9 Å². The summed E-state index contributed by atoms with van der Waals surface area (Å²) in [5, 5.41) is 8.95. The molecular weight excluding hydrogens is 206 g/mol. The Hall–Kier alpha value is -0.810. The third-order valence-electron chi connectivity index (χ3n) is 2.89. The summed E-state index contributed by atoms with van der Waals surface area (Å²) in [5.41, 5.74) is -0.234.